The average Bonchev–Trinajstić information content (AvgIpc) is 2.34. The zero-order valence-corrected chi connectivity index (χ0v) is 11.3. The van der Waals surface area contributed by atoms with Crippen molar-refractivity contribution >= 4 is 8.07 Å². The van der Waals surface area contributed by atoms with E-state index in [-0.39, 0.29) is 6.10 Å². The molecule has 1 aliphatic rings. The highest BCUT2D eigenvalue weighted by Gasteiger charge is 2.27. The predicted octanol–water partition coefficient (Wildman–Crippen LogP) is 2.95. The molecule has 1 aromatic rings. The van der Waals surface area contributed by atoms with Crippen molar-refractivity contribution < 1.29 is 5.11 Å². The van der Waals surface area contributed by atoms with E-state index in [2.05, 4.69) is 50.0 Å². The van der Waals surface area contributed by atoms with Gasteiger partial charge in [0.15, 0.2) is 0 Å². The van der Waals surface area contributed by atoms with Crippen LogP contribution in [0.2, 0.25) is 19.6 Å². The lowest BCUT2D eigenvalue weighted by Crippen LogP contribution is -2.32. The van der Waals surface area contributed by atoms with E-state index in [9.17, 15) is 5.11 Å². The molecule has 0 spiro atoms. The zero-order chi connectivity index (χ0) is 11.8. The number of aliphatic hydroxyl groups is 1. The van der Waals surface area contributed by atoms with Crippen molar-refractivity contribution in [1.82, 2.24) is 0 Å². The molecule has 0 saturated carbocycles. The van der Waals surface area contributed by atoms with Crippen molar-refractivity contribution in [2.45, 2.75) is 38.6 Å². The third-order valence-electron chi connectivity index (χ3n) is 3.30. The molecule has 0 bridgehead atoms. The molecule has 2 heteroatoms. The van der Waals surface area contributed by atoms with Crippen LogP contribution in [-0.2, 0) is 12.8 Å². The molecule has 0 aromatic heterocycles. The number of hydrogen-bond donors (Lipinski definition) is 1. The maximum absolute atomic E-state index is 10.3. The zero-order valence-electron chi connectivity index (χ0n) is 10.3. The highest BCUT2D eigenvalue weighted by atomic mass is 28.3. The fourth-order valence-electron chi connectivity index (χ4n) is 2.44. The van der Waals surface area contributed by atoms with E-state index in [0.717, 1.165) is 12.8 Å². The maximum atomic E-state index is 10.3. The minimum atomic E-state index is -1.38. The molecule has 16 heavy (non-hydrogen) atoms. The van der Waals surface area contributed by atoms with Gasteiger partial charge < -0.3 is 5.11 Å². The topological polar surface area (TPSA) is 20.2 Å². The van der Waals surface area contributed by atoms with E-state index in [0.29, 0.717) is 0 Å². The Morgan fingerprint density at radius 1 is 1.12 bits per heavy atom. The summed E-state index contributed by atoms with van der Waals surface area (Å²) in [6.07, 6.45) is 3.76. The first-order valence-electron chi connectivity index (χ1n) is 5.94. The van der Waals surface area contributed by atoms with Crippen LogP contribution in [-0.4, -0.2) is 19.3 Å². The van der Waals surface area contributed by atoms with Gasteiger partial charge in [0.1, 0.15) is 0 Å². The van der Waals surface area contributed by atoms with Gasteiger partial charge in [-0.15, -0.1) is 0 Å². The lowest BCUT2D eigenvalue weighted by atomic mass is 10.0. The second-order valence-electron chi connectivity index (χ2n) is 5.60. The summed E-state index contributed by atoms with van der Waals surface area (Å²) in [5.74, 6) is 0. The van der Waals surface area contributed by atoms with E-state index in [4.69, 9.17) is 0 Å². The first-order chi connectivity index (χ1) is 7.48. The Balaban J connectivity index is 2.35. The normalized spacial score (nSPS) is 21.0. The summed E-state index contributed by atoms with van der Waals surface area (Å²) in [6.45, 7) is 6.91. The molecule has 0 fully saturated rings. The van der Waals surface area contributed by atoms with Crippen LogP contribution in [0.3, 0.4) is 0 Å². The molecule has 1 atom stereocenters. The van der Waals surface area contributed by atoms with Gasteiger partial charge in [0.25, 0.3) is 0 Å². The Kier molecular flexibility index (Phi) is 3.04. The molecular weight excluding hydrogens is 212 g/mol. The van der Waals surface area contributed by atoms with Crippen LogP contribution >= 0.6 is 0 Å². The molecule has 1 aromatic carbocycles. The lowest BCUT2D eigenvalue weighted by molar-refractivity contribution is 0.218. The van der Waals surface area contributed by atoms with Crippen molar-refractivity contribution in [2.24, 2.45) is 0 Å². The van der Waals surface area contributed by atoms with Crippen molar-refractivity contribution in [2.75, 3.05) is 0 Å². The lowest BCUT2D eigenvalue weighted by Gasteiger charge is -2.24. The third-order valence-corrected chi connectivity index (χ3v) is 5.57. The Morgan fingerprint density at radius 3 is 2.38 bits per heavy atom. The minimum Gasteiger partial charge on any atom is -0.389 e. The Bertz CT molecular complexity index is 415. The molecule has 2 rings (SSSR count). The third kappa shape index (κ3) is 2.28. The van der Waals surface area contributed by atoms with Crippen LogP contribution in [0.4, 0.5) is 0 Å². The summed E-state index contributed by atoms with van der Waals surface area (Å²) in [4.78, 5) is 0. The SMILES string of the molecule is C[Si](C)(C)C1=CCc2ccccc2CC1O. The maximum Gasteiger partial charge on any atom is 0.0755 e. The van der Waals surface area contributed by atoms with Crippen LogP contribution in [0.1, 0.15) is 11.1 Å². The molecule has 1 nitrogen and oxygen atoms in total. The molecule has 1 N–H and O–H groups in total. The van der Waals surface area contributed by atoms with E-state index < -0.39 is 8.07 Å². The van der Waals surface area contributed by atoms with Gasteiger partial charge in [0.05, 0.1) is 14.2 Å². The van der Waals surface area contributed by atoms with Crippen molar-refractivity contribution in [1.29, 1.82) is 0 Å². The van der Waals surface area contributed by atoms with Gasteiger partial charge in [-0.1, -0.05) is 55.2 Å². The molecule has 1 aliphatic carbocycles. The smallest absolute Gasteiger partial charge is 0.0755 e. The van der Waals surface area contributed by atoms with Gasteiger partial charge in [0.2, 0.25) is 0 Å². The van der Waals surface area contributed by atoms with Crippen molar-refractivity contribution in [3.63, 3.8) is 0 Å². The summed E-state index contributed by atoms with van der Waals surface area (Å²) in [6, 6.07) is 8.45. The average molecular weight is 232 g/mol. The number of benzene rings is 1. The summed E-state index contributed by atoms with van der Waals surface area (Å²) in [5, 5.41) is 11.6. The first kappa shape index (κ1) is 11.6. The number of rotatable bonds is 1. The van der Waals surface area contributed by atoms with Crippen LogP contribution in [0, 0.1) is 0 Å². The number of fused-ring (bicyclic) bond motifs is 1. The van der Waals surface area contributed by atoms with Gasteiger partial charge in [-0.3, -0.25) is 0 Å². The Labute approximate surface area is 98.8 Å². The van der Waals surface area contributed by atoms with Gasteiger partial charge in [0, 0.05) is 6.42 Å². The van der Waals surface area contributed by atoms with Gasteiger partial charge in [-0.05, 0) is 17.5 Å². The molecule has 1 unspecified atom stereocenters. The Morgan fingerprint density at radius 2 is 1.75 bits per heavy atom. The standard InChI is InChI=1S/C14H20OSi/c1-16(2,3)14-9-8-11-6-4-5-7-12(11)10-13(14)15/h4-7,9,13,15H,8,10H2,1-3H3. The van der Waals surface area contributed by atoms with E-state index in [1.807, 2.05) is 0 Å². The number of hydrogen-bond acceptors (Lipinski definition) is 1. The fraction of sp³-hybridized carbons (Fsp3) is 0.429. The predicted molar refractivity (Wildman–Crippen MR) is 71.3 cm³/mol. The van der Waals surface area contributed by atoms with Crippen LogP contribution in [0.25, 0.3) is 0 Å². The summed E-state index contributed by atoms with van der Waals surface area (Å²) in [7, 11) is -1.38. The molecular formula is C14H20OSi. The van der Waals surface area contributed by atoms with Crippen LogP contribution in [0.15, 0.2) is 35.5 Å². The van der Waals surface area contributed by atoms with E-state index in [1.165, 1.54) is 16.3 Å². The molecule has 0 saturated heterocycles. The quantitative estimate of drug-likeness (QED) is 0.738. The fourth-order valence-corrected chi connectivity index (χ4v) is 4.25. The van der Waals surface area contributed by atoms with Crippen molar-refractivity contribution in [3.8, 4) is 0 Å². The largest absolute Gasteiger partial charge is 0.389 e. The molecule has 0 aliphatic heterocycles. The number of allylic oxidation sites excluding steroid dienone is 1. The molecule has 0 amide bonds. The van der Waals surface area contributed by atoms with Gasteiger partial charge in [-0.2, -0.15) is 0 Å². The molecule has 86 valence electrons. The number of aliphatic hydroxyl groups excluding tert-OH is 1. The molecule has 0 heterocycles. The summed E-state index contributed by atoms with van der Waals surface area (Å²) >= 11 is 0. The second kappa shape index (κ2) is 4.19. The summed E-state index contributed by atoms with van der Waals surface area (Å²) < 4.78 is 0. The second-order valence-corrected chi connectivity index (χ2v) is 10.7. The van der Waals surface area contributed by atoms with E-state index >= 15 is 0 Å². The highest BCUT2D eigenvalue weighted by Crippen LogP contribution is 2.26. The van der Waals surface area contributed by atoms with Crippen LogP contribution < -0.4 is 0 Å². The van der Waals surface area contributed by atoms with Gasteiger partial charge in [-0.25, -0.2) is 0 Å². The van der Waals surface area contributed by atoms with Gasteiger partial charge >= 0.3 is 0 Å². The monoisotopic (exact) mass is 232 g/mol. The molecule has 0 radical (unpaired) electrons. The minimum absolute atomic E-state index is 0.268. The highest BCUT2D eigenvalue weighted by molar-refractivity contribution is 6.83. The van der Waals surface area contributed by atoms with Crippen molar-refractivity contribution in [3.05, 3.63) is 46.7 Å². The van der Waals surface area contributed by atoms with E-state index in [1.54, 1.807) is 0 Å². The first-order valence-corrected chi connectivity index (χ1v) is 9.44. The Hall–Kier alpha value is -0.863. The summed E-state index contributed by atoms with van der Waals surface area (Å²) in [5.41, 5.74) is 2.68. The van der Waals surface area contributed by atoms with Crippen LogP contribution in [0.5, 0.6) is 0 Å².